The SMILES string of the molecule is O=C1NCC2(CC2)COc2ccc(F)cc2CN2c3nc4c1cnn4cc3OC[C@H]2C(F)F. The number of aromatic nitrogens is 3. The fourth-order valence-corrected chi connectivity index (χ4v) is 4.32. The van der Waals surface area contributed by atoms with Gasteiger partial charge < -0.3 is 19.7 Å². The molecule has 6 rings (SSSR count). The molecule has 3 aromatic rings. The number of hydrogen-bond donors (Lipinski definition) is 1. The van der Waals surface area contributed by atoms with Gasteiger partial charge in [0.15, 0.2) is 17.2 Å². The summed E-state index contributed by atoms with van der Waals surface area (Å²) in [5, 5.41) is 7.11. The highest BCUT2D eigenvalue weighted by Gasteiger charge is 2.44. The summed E-state index contributed by atoms with van der Waals surface area (Å²) in [4.78, 5) is 18.8. The molecule has 1 fully saturated rings. The molecule has 1 N–H and O–H groups in total. The van der Waals surface area contributed by atoms with Crippen LogP contribution in [-0.4, -0.2) is 52.7 Å². The van der Waals surface area contributed by atoms with E-state index in [0.29, 0.717) is 24.5 Å². The van der Waals surface area contributed by atoms with Crippen LogP contribution in [0.1, 0.15) is 28.8 Å². The van der Waals surface area contributed by atoms with E-state index in [2.05, 4.69) is 15.4 Å². The molecule has 0 unspecified atom stereocenters. The van der Waals surface area contributed by atoms with Crippen molar-refractivity contribution in [2.75, 3.05) is 24.7 Å². The van der Waals surface area contributed by atoms with Gasteiger partial charge >= 0.3 is 0 Å². The van der Waals surface area contributed by atoms with E-state index < -0.39 is 18.3 Å². The van der Waals surface area contributed by atoms with Crippen molar-refractivity contribution >= 4 is 17.4 Å². The maximum absolute atomic E-state index is 14.2. The quantitative estimate of drug-likeness (QED) is 0.603. The third kappa shape index (κ3) is 3.42. The Balaban J connectivity index is 1.53. The van der Waals surface area contributed by atoms with Gasteiger partial charge in [0.25, 0.3) is 12.3 Å². The number of carbonyl (C=O) groups is 1. The van der Waals surface area contributed by atoms with Crippen LogP contribution < -0.4 is 19.7 Å². The zero-order valence-corrected chi connectivity index (χ0v) is 17.4. The molecule has 1 saturated carbocycles. The number of alkyl halides is 2. The average molecular weight is 459 g/mol. The smallest absolute Gasteiger partial charge is 0.261 e. The Morgan fingerprint density at radius 1 is 1.21 bits per heavy atom. The van der Waals surface area contributed by atoms with Gasteiger partial charge in [0.05, 0.1) is 19.0 Å². The Labute approximate surface area is 186 Å². The number of rotatable bonds is 1. The van der Waals surface area contributed by atoms with E-state index in [1.54, 1.807) is 0 Å². The molecule has 1 atom stereocenters. The number of halogens is 3. The van der Waals surface area contributed by atoms with Gasteiger partial charge in [-0.15, -0.1) is 0 Å². The van der Waals surface area contributed by atoms with Crippen molar-refractivity contribution in [2.24, 2.45) is 5.41 Å². The minimum atomic E-state index is -2.74. The first kappa shape index (κ1) is 20.1. The summed E-state index contributed by atoms with van der Waals surface area (Å²) in [5.41, 5.74) is 0.676. The first-order valence-corrected chi connectivity index (χ1v) is 10.7. The van der Waals surface area contributed by atoms with E-state index >= 15 is 0 Å². The minimum absolute atomic E-state index is 0.0652. The lowest BCUT2D eigenvalue weighted by molar-refractivity contribution is 0.0765. The standard InChI is InChI=1S/C22H20F3N5O3/c23-13-1-2-16-12(5-13)7-29-15(18(24)25)9-32-17-8-30-19(28-20(17)29)14(6-27-30)21(31)26-10-22(3-4-22)11-33-16/h1-2,5-6,8,15,18H,3-4,7,9-11H2,(H,26,31)/t15-/m0/s1. The van der Waals surface area contributed by atoms with Gasteiger partial charge in [-0.1, -0.05) is 0 Å². The summed E-state index contributed by atoms with van der Waals surface area (Å²) in [5.74, 6) is -0.0393. The molecule has 2 bridgehead atoms. The number of benzene rings is 1. The first-order valence-electron chi connectivity index (χ1n) is 10.7. The van der Waals surface area contributed by atoms with E-state index in [9.17, 15) is 18.0 Å². The molecule has 1 spiro atoms. The van der Waals surface area contributed by atoms with Crippen molar-refractivity contribution in [3.8, 4) is 11.5 Å². The lowest BCUT2D eigenvalue weighted by Crippen LogP contribution is -2.47. The van der Waals surface area contributed by atoms with Crippen molar-refractivity contribution in [1.82, 2.24) is 19.9 Å². The van der Waals surface area contributed by atoms with Crippen molar-refractivity contribution in [3.05, 3.63) is 47.5 Å². The van der Waals surface area contributed by atoms with Crippen molar-refractivity contribution in [2.45, 2.75) is 31.9 Å². The first-order chi connectivity index (χ1) is 15.9. The number of fused-ring (bicyclic) bond motifs is 1. The fraction of sp³-hybridized carbons (Fsp3) is 0.409. The number of hydrogen-bond acceptors (Lipinski definition) is 6. The van der Waals surface area contributed by atoms with Crippen LogP contribution in [0.15, 0.2) is 30.6 Å². The number of nitrogens with one attached hydrogen (secondary N) is 1. The second kappa shape index (κ2) is 7.26. The van der Waals surface area contributed by atoms with Crippen molar-refractivity contribution in [3.63, 3.8) is 0 Å². The van der Waals surface area contributed by atoms with Crippen LogP contribution >= 0.6 is 0 Å². The third-order valence-electron chi connectivity index (χ3n) is 6.54. The Bertz CT molecular complexity index is 1260. The van der Waals surface area contributed by atoms with Crippen LogP contribution in [0.5, 0.6) is 11.5 Å². The Hall–Kier alpha value is -3.50. The van der Waals surface area contributed by atoms with E-state index in [1.165, 1.54) is 40.0 Å². The summed E-state index contributed by atoms with van der Waals surface area (Å²) in [6.07, 6.45) is 1.92. The second-order valence-electron chi connectivity index (χ2n) is 8.82. The topological polar surface area (TPSA) is 81.0 Å². The normalized spacial score (nSPS) is 21.4. The van der Waals surface area contributed by atoms with Crippen LogP contribution in [0.25, 0.3) is 5.65 Å². The summed E-state index contributed by atoms with van der Waals surface area (Å²) < 4.78 is 55.1. The van der Waals surface area contributed by atoms with Crippen LogP contribution in [0.4, 0.5) is 19.0 Å². The maximum atomic E-state index is 14.2. The molecular weight excluding hydrogens is 439 g/mol. The third-order valence-corrected chi connectivity index (χ3v) is 6.54. The molecule has 1 amide bonds. The number of carbonyl (C=O) groups excluding carboxylic acids is 1. The van der Waals surface area contributed by atoms with E-state index in [0.717, 1.165) is 12.8 Å². The highest BCUT2D eigenvalue weighted by Crippen LogP contribution is 2.46. The summed E-state index contributed by atoms with van der Waals surface area (Å²) in [6.45, 7) is 0.393. The monoisotopic (exact) mass is 459 g/mol. The molecule has 0 saturated heterocycles. The number of amides is 1. The fourth-order valence-electron chi connectivity index (χ4n) is 4.32. The molecule has 33 heavy (non-hydrogen) atoms. The van der Waals surface area contributed by atoms with Crippen molar-refractivity contribution < 1.29 is 27.4 Å². The molecule has 2 aliphatic heterocycles. The highest BCUT2D eigenvalue weighted by atomic mass is 19.3. The van der Waals surface area contributed by atoms with Gasteiger partial charge in [0, 0.05) is 24.1 Å². The Morgan fingerprint density at radius 3 is 2.85 bits per heavy atom. The zero-order valence-electron chi connectivity index (χ0n) is 17.4. The zero-order chi connectivity index (χ0) is 22.7. The number of ether oxygens (including phenoxy) is 2. The lowest BCUT2D eigenvalue weighted by Gasteiger charge is -2.37. The van der Waals surface area contributed by atoms with Gasteiger partial charge in [-0.05, 0) is 31.0 Å². The Morgan fingerprint density at radius 2 is 2.06 bits per heavy atom. The maximum Gasteiger partial charge on any atom is 0.261 e. The van der Waals surface area contributed by atoms with Crippen LogP contribution in [0.2, 0.25) is 0 Å². The van der Waals surface area contributed by atoms with Gasteiger partial charge in [-0.25, -0.2) is 22.7 Å². The molecule has 4 heterocycles. The predicted octanol–water partition coefficient (Wildman–Crippen LogP) is 2.80. The van der Waals surface area contributed by atoms with Gasteiger partial charge in [0.1, 0.15) is 29.8 Å². The Kier molecular flexibility index (Phi) is 4.43. The van der Waals surface area contributed by atoms with E-state index in [4.69, 9.17) is 9.47 Å². The molecule has 1 aromatic carbocycles. The molecule has 8 nitrogen and oxygen atoms in total. The van der Waals surface area contributed by atoms with Crippen LogP contribution in [0, 0.1) is 11.2 Å². The second-order valence-corrected chi connectivity index (χ2v) is 8.82. The van der Waals surface area contributed by atoms with E-state index in [-0.39, 0.29) is 47.3 Å². The van der Waals surface area contributed by atoms with Gasteiger partial charge in [-0.2, -0.15) is 5.10 Å². The molecule has 172 valence electrons. The molecule has 11 heteroatoms. The predicted molar refractivity (Wildman–Crippen MR) is 110 cm³/mol. The van der Waals surface area contributed by atoms with Crippen molar-refractivity contribution in [1.29, 1.82) is 0 Å². The molecule has 1 aliphatic carbocycles. The summed E-state index contributed by atoms with van der Waals surface area (Å²) in [6, 6.07) is 2.77. The van der Waals surface area contributed by atoms with Gasteiger partial charge in [0.2, 0.25) is 0 Å². The average Bonchev–Trinajstić information content (AvgIpc) is 3.45. The molecule has 3 aliphatic rings. The number of anilines is 1. The summed E-state index contributed by atoms with van der Waals surface area (Å²) in [7, 11) is 0. The van der Waals surface area contributed by atoms with Crippen LogP contribution in [0.3, 0.4) is 0 Å². The molecular formula is C22H20F3N5O3. The van der Waals surface area contributed by atoms with Crippen LogP contribution in [-0.2, 0) is 6.54 Å². The number of nitrogens with zero attached hydrogens (tertiary/aromatic N) is 4. The van der Waals surface area contributed by atoms with Gasteiger partial charge in [-0.3, -0.25) is 4.79 Å². The largest absolute Gasteiger partial charge is 0.493 e. The lowest BCUT2D eigenvalue weighted by atomic mass is 10.1. The molecule has 0 radical (unpaired) electrons. The van der Waals surface area contributed by atoms with E-state index in [1.807, 2.05) is 0 Å². The summed E-state index contributed by atoms with van der Waals surface area (Å²) >= 11 is 0. The molecule has 2 aromatic heterocycles. The highest BCUT2D eigenvalue weighted by molar-refractivity contribution is 6.00. The minimum Gasteiger partial charge on any atom is -0.493 e.